The number of piperazine rings is 1. The summed E-state index contributed by atoms with van der Waals surface area (Å²) in [5, 5.41) is 45.5. The van der Waals surface area contributed by atoms with Gasteiger partial charge in [-0.2, -0.15) is 0 Å². The van der Waals surface area contributed by atoms with Gasteiger partial charge < -0.3 is 45.7 Å². The van der Waals surface area contributed by atoms with Crippen molar-refractivity contribution in [2.75, 3.05) is 50.8 Å². The molecule has 6 rings (SSSR count). The number of carbonyl (C=O) groups is 5. The van der Waals surface area contributed by atoms with Gasteiger partial charge in [-0.3, -0.25) is 19.3 Å². The van der Waals surface area contributed by atoms with Gasteiger partial charge in [0.05, 0.1) is 42.8 Å². The van der Waals surface area contributed by atoms with Crippen molar-refractivity contribution in [3.05, 3.63) is 45.1 Å². The number of halogens is 1. The van der Waals surface area contributed by atoms with E-state index in [2.05, 4.69) is 15.5 Å². The van der Waals surface area contributed by atoms with Crippen LogP contribution in [0.1, 0.15) is 22.5 Å². The van der Waals surface area contributed by atoms with E-state index in [1.807, 2.05) is 0 Å². The lowest BCUT2D eigenvalue weighted by Gasteiger charge is -2.50. The molecule has 20 heteroatoms. The van der Waals surface area contributed by atoms with Crippen LogP contribution in [0.15, 0.2) is 33.9 Å². The molecule has 3 amide bonds. The summed E-state index contributed by atoms with van der Waals surface area (Å²) < 4.78 is 0.523. The summed E-state index contributed by atoms with van der Waals surface area (Å²) in [5.41, 5.74) is 5.78. The molecule has 3 saturated heterocycles. The van der Waals surface area contributed by atoms with E-state index in [-0.39, 0.29) is 44.8 Å². The largest absolute Gasteiger partial charge is 0.504 e. The Morgan fingerprint density at radius 2 is 1.98 bits per heavy atom. The van der Waals surface area contributed by atoms with Crippen molar-refractivity contribution in [1.29, 1.82) is 0 Å². The number of fused-ring (bicyclic) bond motifs is 3. The van der Waals surface area contributed by atoms with Crippen LogP contribution in [0.2, 0.25) is 5.02 Å². The fraction of sp³-hybridized carbons (Fsp3) is 0.393. The number of nitrogens with zero attached hydrogens (tertiary/aromatic N) is 5. The molecule has 1 aromatic heterocycles. The Labute approximate surface area is 284 Å². The van der Waals surface area contributed by atoms with E-state index in [0.717, 1.165) is 11.3 Å². The fourth-order valence-electron chi connectivity index (χ4n) is 6.55. The predicted octanol–water partition coefficient (Wildman–Crippen LogP) is 0.0789. The maximum Gasteiger partial charge on any atom is 0.352 e. The van der Waals surface area contributed by atoms with Gasteiger partial charge in [0.2, 0.25) is 6.61 Å². The van der Waals surface area contributed by atoms with Crippen molar-refractivity contribution in [3.8, 4) is 11.5 Å². The highest BCUT2D eigenvalue weighted by Gasteiger charge is 2.56. The highest BCUT2D eigenvalue weighted by Crippen LogP contribution is 2.43. The van der Waals surface area contributed by atoms with Crippen molar-refractivity contribution in [2.45, 2.75) is 23.9 Å². The van der Waals surface area contributed by atoms with Crippen LogP contribution in [0.3, 0.4) is 0 Å². The van der Waals surface area contributed by atoms with Crippen LogP contribution in [0.5, 0.6) is 11.5 Å². The predicted molar refractivity (Wildman–Crippen MR) is 170 cm³/mol. The Balaban J connectivity index is 1.15. The monoisotopic (exact) mass is 722 g/mol. The van der Waals surface area contributed by atoms with Gasteiger partial charge in [0.25, 0.3) is 17.7 Å². The van der Waals surface area contributed by atoms with E-state index in [9.17, 15) is 39.3 Å². The zero-order chi connectivity index (χ0) is 34.5. The number of quaternary nitrogens is 1. The summed E-state index contributed by atoms with van der Waals surface area (Å²) in [7, 11) is 0. The number of β-lactam (4-membered cyclic amide) rings is 1. The Bertz CT molecular complexity index is 1800. The molecule has 0 radical (unpaired) electrons. The van der Waals surface area contributed by atoms with E-state index in [4.69, 9.17) is 27.3 Å². The molecule has 1 aromatic carbocycles. The maximum atomic E-state index is 13.4. The number of rotatable bonds is 10. The third-order valence-electron chi connectivity index (χ3n) is 8.76. The standard InChI is InChI=1S/C28H28ClN7O10S2/c29-18-14(1-2-16(37)22(18)40)24(42)34-4-6-36(5-3-13(34)8-36)7-12-10-47-26-20(25(43)35(26)21(12)27(44)45)32-23(41)19(33-46-9-17(38)39)15-11-48-28(30)31-15/h1-2,11,13,20,26H,3-10H2,(H6-,30,31,32,33,37,38,39,40,41,42,44,45)/p+1/t13-,20+,26+,36-/m0/s1. The number of hydrogen-bond acceptors (Lipinski definition) is 13. The molecule has 4 aliphatic rings. The molecule has 2 bridgehead atoms. The lowest BCUT2D eigenvalue weighted by molar-refractivity contribution is -0.916. The minimum atomic E-state index is -1.33. The van der Waals surface area contributed by atoms with Gasteiger partial charge in [0.1, 0.15) is 29.4 Å². The smallest absolute Gasteiger partial charge is 0.352 e. The second kappa shape index (κ2) is 12.8. The molecular formula is C28H29ClN7O10S2+. The molecule has 4 atom stereocenters. The number of aromatic hydroxyl groups is 2. The number of aromatic nitrogens is 1. The average molecular weight is 723 g/mol. The van der Waals surface area contributed by atoms with Crippen LogP contribution in [0.4, 0.5) is 5.13 Å². The summed E-state index contributed by atoms with van der Waals surface area (Å²) in [5.74, 6) is -5.21. The number of amides is 3. The van der Waals surface area contributed by atoms with Crippen molar-refractivity contribution >= 4 is 75.2 Å². The number of oxime groups is 1. The Hall–Kier alpha value is -4.59. The zero-order valence-corrected chi connectivity index (χ0v) is 27.3. The molecule has 0 aliphatic carbocycles. The van der Waals surface area contributed by atoms with E-state index >= 15 is 0 Å². The van der Waals surface area contributed by atoms with Crippen LogP contribution in [-0.2, 0) is 24.0 Å². The first-order chi connectivity index (χ1) is 22.8. The third kappa shape index (κ3) is 5.97. The van der Waals surface area contributed by atoms with Gasteiger partial charge in [0.15, 0.2) is 22.3 Å². The minimum absolute atomic E-state index is 0.0117. The van der Waals surface area contributed by atoms with Crippen LogP contribution < -0.4 is 11.1 Å². The van der Waals surface area contributed by atoms with Gasteiger partial charge >= 0.3 is 11.9 Å². The number of benzene rings is 1. The number of carboxylic acids is 2. The molecule has 0 unspecified atom stereocenters. The molecular weight excluding hydrogens is 694 g/mol. The molecule has 5 heterocycles. The highest BCUT2D eigenvalue weighted by molar-refractivity contribution is 8.00. The first kappa shape index (κ1) is 33.3. The van der Waals surface area contributed by atoms with E-state index < -0.39 is 59.0 Å². The van der Waals surface area contributed by atoms with Crippen LogP contribution in [0, 0.1) is 0 Å². The van der Waals surface area contributed by atoms with Gasteiger partial charge in [-0.05, 0) is 12.1 Å². The summed E-state index contributed by atoms with van der Waals surface area (Å²) in [6, 6.07) is 1.31. The second-order valence-corrected chi connectivity index (χ2v) is 14.0. The Morgan fingerprint density at radius 3 is 2.67 bits per heavy atom. The maximum absolute atomic E-state index is 13.4. The number of thioether (sulfide) groups is 1. The molecule has 2 aromatic rings. The number of aliphatic carboxylic acids is 2. The molecule has 254 valence electrons. The first-order valence-electron chi connectivity index (χ1n) is 14.5. The first-order valence-corrected chi connectivity index (χ1v) is 16.8. The van der Waals surface area contributed by atoms with Crippen molar-refractivity contribution in [3.63, 3.8) is 0 Å². The quantitative estimate of drug-likeness (QED) is 0.0626. The van der Waals surface area contributed by atoms with Gasteiger partial charge in [-0.15, -0.1) is 23.1 Å². The van der Waals surface area contributed by atoms with Crippen LogP contribution in [-0.4, -0.2) is 138 Å². The number of nitrogens with one attached hydrogen (secondary N) is 1. The number of carbonyl (C=O) groups excluding carboxylic acids is 3. The molecule has 3 fully saturated rings. The number of nitrogen functional groups attached to an aromatic ring is 1. The molecule has 0 saturated carbocycles. The van der Waals surface area contributed by atoms with Gasteiger partial charge in [-0.1, -0.05) is 16.8 Å². The van der Waals surface area contributed by atoms with E-state index in [1.54, 1.807) is 4.90 Å². The lowest BCUT2D eigenvalue weighted by Crippen LogP contribution is -2.71. The average Bonchev–Trinajstić information content (AvgIpc) is 3.62. The normalized spacial score (nSPS) is 25.0. The summed E-state index contributed by atoms with van der Waals surface area (Å²) in [6.07, 6.45) is 0.653. The molecule has 48 heavy (non-hydrogen) atoms. The minimum Gasteiger partial charge on any atom is -0.504 e. The third-order valence-corrected chi connectivity index (χ3v) is 11.2. The number of thiazole rings is 1. The van der Waals surface area contributed by atoms with E-state index in [1.165, 1.54) is 34.2 Å². The fourth-order valence-corrected chi connectivity index (χ4v) is 8.67. The Kier molecular flexibility index (Phi) is 8.88. The molecule has 17 nitrogen and oxygen atoms in total. The SMILES string of the molecule is Nc1nc(/C(=N/OCC(=O)O)C(=O)N[C@@H]2C(=O)N3C(C(=O)O)=C(C[N@@+]45CC[C@@H](C4)N(C(=O)c4ccc(O)c(O)c4Cl)CC5)CS[C@H]23)cs1. The summed E-state index contributed by atoms with van der Waals surface area (Å²) in [4.78, 5) is 74.9. The molecule has 7 N–H and O–H groups in total. The summed E-state index contributed by atoms with van der Waals surface area (Å²) >= 11 is 8.47. The second-order valence-electron chi connectivity index (χ2n) is 11.7. The van der Waals surface area contributed by atoms with Crippen LogP contribution in [0.25, 0.3) is 0 Å². The van der Waals surface area contributed by atoms with Gasteiger partial charge in [-0.25, -0.2) is 14.6 Å². The number of hydrogen-bond donors (Lipinski definition) is 6. The molecule has 0 spiro atoms. The van der Waals surface area contributed by atoms with Crippen molar-refractivity contribution in [1.82, 2.24) is 20.1 Å². The number of nitrogens with two attached hydrogens (primary N) is 1. The number of carboxylic acid groups (broad SMARTS) is 2. The topological polar surface area (TPSA) is 245 Å². The van der Waals surface area contributed by atoms with E-state index in [0.29, 0.717) is 49.2 Å². The van der Waals surface area contributed by atoms with Crippen LogP contribution >= 0.6 is 34.7 Å². The highest BCUT2D eigenvalue weighted by atomic mass is 35.5. The Morgan fingerprint density at radius 1 is 1.21 bits per heavy atom. The zero-order valence-electron chi connectivity index (χ0n) is 24.9. The number of phenols is 2. The lowest BCUT2D eigenvalue weighted by atomic mass is 10.0. The van der Waals surface area contributed by atoms with Crippen molar-refractivity contribution in [2.24, 2.45) is 5.16 Å². The summed E-state index contributed by atoms with van der Waals surface area (Å²) in [6.45, 7) is 1.63. The number of anilines is 1. The number of phenolic OH excluding ortho intramolecular Hbond substituents is 2. The molecule has 4 aliphatic heterocycles. The van der Waals surface area contributed by atoms with Crippen molar-refractivity contribution < 1.29 is 53.7 Å². The van der Waals surface area contributed by atoms with Gasteiger partial charge in [0, 0.05) is 23.1 Å².